The highest BCUT2D eigenvalue weighted by molar-refractivity contribution is 5.96. The molecule has 1 unspecified atom stereocenters. The Balaban J connectivity index is 1.96. The fourth-order valence-corrected chi connectivity index (χ4v) is 3.03. The first-order valence-electron chi connectivity index (χ1n) is 7.26. The molecule has 0 aliphatic carbocycles. The molecule has 2 aromatic rings. The highest BCUT2D eigenvalue weighted by Crippen LogP contribution is 2.27. The number of carbonyl (C=O) groups excluding carboxylic acids is 1. The van der Waals surface area contributed by atoms with Crippen LogP contribution in [0.3, 0.4) is 0 Å². The van der Waals surface area contributed by atoms with Crippen LogP contribution in [0.1, 0.15) is 17.8 Å². The Morgan fingerprint density at radius 2 is 1.81 bits per heavy atom. The average molecular weight is 284 g/mol. The zero-order valence-electron chi connectivity index (χ0n) is 12.4. The van der Waals surface area contributed by atoms with E-state index in [2.05, 4.69) is 30.5 Å². The van der Waals surface area contributed by atoms with Crippen LogP contribution in [0.2, 0.25) is 0 Å². The minimum absolute atomic E-state index is 0.0520. The predicted molar refractivity (Wildman–Crippen MR) is 82.8 cm³/mol. The summed E-state index contributed by atoms with van der Waals surface area (Å²) < 4.78 is 2.17. The van der Waals surface area contributed by atoms with E-state index < -0.39 is 0 Å². The van der Waals surface area contributed by atoms with Gasteiger partial charge in [-0.15, -0.1) is 0 Å². The lowest BCUT2D eigenvalue weighted by Gasteiger charge is -2.18. The van der Waals surface area contributed by atoms with Gasteiger partial charge in [0.15, 0.2) is 0 Å². The van der Waals surface area contributed by atoms with E-state index in [0.717, 1.165) is 11.4 Å². The molecule has 110 valence electrons. The third-order valence-electron chi connectivity index (χ3n) is 4.13. The molecular formula is C17H20N2O2. The quantitative estimate of drug-likeness (QED) is 0.941. The van der Waals surface area contributed by atoms with Gasteiger partial charge in [0.1, 0.15) is 0 Å². The molecule has 0 radical (unpaired) electrons. The van der Waals surface area contributed by atoms with E-state index in [4.69, 9.17) is 0 Å². The first kappa shape index (κ1) is 13.9. The molecule has 0 bridgehead atoms. The van der Waals surface area contributed by atoms with Gasteiger partial charge in [-0.25, -0.2) is 0 Å². The smallest absolute Gasteiger partial charge is 0.227 e. The number of nitrogens with zero attached hydrogens (tertiary/aromatic N) is 2. The van der Waals surface area contributed by atoms with Crippen molar-refractivity contribution in [3.05, 3.63) is 47.8 Å². The van der Waals surface area contributed by atoms with Gasteiger partial charge >= 0.3 is 0 Å². The van der Waals surface area contributed by atoms with Gasteiger partial charge in [-0.1, -0.05) is 6.07 Å². The Morgan fingerprint density at radius 1 is 1.14 bits per heavy atom. The van der Waals surface area contributed by atoms with Crippen molar-refractivity contribution in [1.29, 1.82) is 0 Å². The number of rotatable bonds is 3. The fraction of sp³-hybridized carbons (Fsp3) is 0.353. The van der Waals surface area contributed by atoms with E-state index in [9.17, 15) is 9.90 Å². The summed E-state index contributed by atoms with van der Waals surface area (Å²) in [4.78, 5) is 13.9. The van der Waals surface area contributed by atoms with Crippen molar-refractivity contribution in [2.24, 2.45) is 5.92 Å². The minimum atomic E-state index is 0.0520. The lowest BCUT2D eigenvalue weighted by Crippen LogP contribution is -2.25. The number of benzene rings is 1. The van der Waals surface area contributed by atoms with Crippen LogP contribution >= 0.6 is 0 Å². The van der Waals surface area contributed by atoms with Crippen molar-refractivity contribution < 1.29 is 9.90 Å². The van der Waals surface area contributed by atoms with Crippen molar-refractivity contribution in [2.75, 3.05) is 18.1 Å². The zero-order chi connectivity index (χ0) is 15.0. The lowest BCUT2D eigenvalue weighted by molar-refractivity contribution is -0.117. The summed E-state index contributed by atoms with van der Waals surface area (Å²) >= 11 is 0. The molecule has 1 fully saturated rings. The normalized spacial score (nSPS) is 18.5. The van der Waals surface area contributed by atoms with E-state index >= 15 is 0 Å². The molecule has 1 N–H and O–H groups in total. The van der Waals surface area contributed by atoms with E-state index in [1.807, 2.05) is 24.3 Å². The maximum Gasteiger partial charge on any atom is 0.227 e. The Kier molecular flexibility index (Phi) is 3.55. The van der Waals surface area contributed by atoms with E-state index in [1.54, 1.807) is 4.90 Å². The largest absolute Gasteiger partial charge is 0.396 e. The van der Waals surface area contributed by atoms with Gasteiger partial charge in [0, 0.05) is 48.3 Å². The molecule has 0 spiro atoms. The van der Waals surface area contributed by atoms with Gasteiger partial charge in [-0.05, 0) is 44.2 Å². The lowest BCUT2D eigenvalue weighted by atomic mass is 10.1. The van der Waals surface area contributed by atoms with E-state index in [-0.39, 0.29) is 18.4 Å². The molecule has 4 nitrogen and oxygen atoms in total. The number of anilines is 1. The van der Waals surface area contributed by atoms with Crippen LogP contribution in [0, 0.1) is 19.8 Å². The first-order valence-corrected chi connectivity index (χ1v) is 7.26. The molecule has 4 heteroatoms. The number of aryl methyl sites for hydroxylation is 2. The fourth-order valence-electron chi connectivity index (χ4n) is 3.03. The summed E-state index contributed by atoms with van der Waals surface area (Å²) in [5, 5.41) is 9.24. The predicted octanol–water partition coefficient (Wildman–Crippen LogP) is 2.44. The first-order chi connectivity index (χ1) is 10.1. The summed E-state index contributed by atoms with van der Waals surface area (Å²) in [5.41, 5.74) is 4.31. The van der Waals surface area contributed by atoms with Crippen LogP contribution in [0.25, 0.3) is 5.69 Å². The molecular weight excluding hydrogens is 264 g/mol. The van der Waals surface area contributed by atoms with Crippen molar-refractivity contribution in [2.45, 2.75) is 20.3 Å². The van der Waals surface area contributed by atoms with E-state index in [0.29, 0.717) is 13.0 Å². The molecule has 21 heavy (non-hydrogen) atoms. The molecule has 1 aliphatic rings. The second-order valence-electron chi connectivity index (χ2n) is 5.73. The number of aliphatic hydroxyl groups is 1. The van der Waals surface area contributed by atoms with Gasteiger partial charge in [-0.3, -0.25) is 4.79 Å². The molecule has 1 aromatic carbocycles. The van der Waals surface area contributed by atoms with Gasteiger partial charge in [0.05, 0.1) is 0 Å². The van der Waals surface area contributed by atoms with Crippen molar-refractivity contribution >= 4 is 11.6 Å². The molecule has 2 heterocycles. The molecule has 1 amide bonds. The Hall–Kier alpha value is -2.07. The van der Waals surface area contributed by atoms with Crippen molar-refractivity contribution in [3.63, 3.8) is 0 Å². The SMILES string of the molecule is Cc1ccc(C)n1-c1cccc(N2CC(CO)CC2=O)c1. The molecule has 1 atom stereocenters. The molecule has 0 saturated carbocycles. The molecule has 1 saturated heterocycles. The van der Waals surface area contributed by atoms with Gasteiger partial charge in [-0.2, -0.15) is 0 Å². The summed E-state index contributed by atoms with van der Waals surface area (Å²) in [6.45, 7) is 4.81. The molecule has 1 aliphatic heterocycles. The zero-order valence-corrected chi connectivity index (χ0v) is 12.4. The molecule has 1 aromatic heterocycles. The Bertz CT molecular complexity index is 656. The third kappa shape index (κ3) is 2.47. The average Bonchev–Trinajstić information content (AvgIpc) is 3.02. The second-order valence-corrected chi connectivity index (χ2v) is 5.73. The number of hydrogen-bond donors (Lipinski definition) is 1. The Morgan fingerprint density at radius 3 is 2.43 bits per heavy atom. The highest BCUT2D eigenvalue weighted by atomic mass is 16.3. The number of amides is 1. The highest BCUT2D eigenvalue weighted by Gasteiger charge is 2.30. The summed E-state index contributed by atoms with van der Waals surface area (Å²) in [7, 11) is 0. The topological polar surface area (TPSA) is 45.5 Å². The third-order valence-corrected chi connectivity index (χ3v) is 4.13. The van der Waals surface area contributed by atoms with Gasteiger partial charge in [0.25, 0.3) is 0 Å². The van der Waals surface area contributed by atoms with Crippen molar-refractivity contribution in [3.8, 4) is 5.69 Å². The van der Waals surface area contributed by atoms with Gasteiger partial charge in [0.2, 0.25) is 5.91 Å². The number of hydrogen-bond acceptors (Lipinski definition) is 2. The number of carbonyl (C=O) groups is 1. The maximum absolute atomic E-state index is 12.1. The van der Waals surface area contributed by atoms with E-state index in [1.165, 1.54) is 11.4 Å². The standard InChI is InChI=1S/C17H20N2O2/c1-12-6-7-13(2)19(12)16-5-3-4-15(9-16)18-10-14(11-20)8-17(18)21/h3-7,9,14,20H,8,10-11H2,1-2H3. The van der Waals surface area contributed by atoms with Crippen molar-refractivity contribution in [1.82, 2.24) is 4.57 Å². The minimum Gasteiger partial charge on any atom is -0.396 e. The van der Waals surface area contributed by atoms with Crippen LogP contribution in [0.5, 0.6) is 0 Å². The second kappa shape index (κ2) is 5.37. The Labute approximate surface area is 124 Å². The van der Waals surface area contributed by atoms with Crippen LogP contribution in [0.4, 0.5) is 5.69 Å². The van der Waals surface area contributed by atoms with Crippen LogP contribution in [0.15, 0.2) is 36.4 Å². The summed E-state index contributed by atoms with van der Waals surface area (Å²) in [6, 6.07) is 12.2. The maximum atomic E-state index is 12.1. The monoisotopic (exact) mass is 284 g/mol. The van der Waals surface area contributed by atoms with Crippen LogP contribution in [-0.4, -0.2) is 28.7 Å². The van der Waals surface area contributed by atoms with Crippen LogP contribution < -0.4 is 4.90 Å². The van der Waals surface area contributed by atoms with Gasteiger partial charge < -0.3 is 14.6 Å². The summed E-state index contributed by atoms with van der Waals surface area (Å²) in [6.07, 6.45) is 0.433. The molecule has 3 rings (SSSR count). The van der Waals surface area contributed by atoms with Crippen LogP contribution in [-0.2, 0) is 4.79 Å². The summed E-state index contributed by atoms with van der Waals surface area (Å²) in [5.74, 6) is 0.142. The number of aromatic nitrogens is 1. The number of aliphatic hydroxyl groups excluding tert-OH is 1.